The number of hydrogen-bond donors (Lipinski definition) is 0. The van der Waals surface area contributed by atoms with Gasteiger partial charge in [0.05, 0.1) is 5.92 Å². The van der Waals surface area contributed by atoms with E-state index in [1.165, 1.54) is 4.90 Å². The molecule has 0 bridgehead atoms. The van der Waals surface area contributed by atoms with E-state index in [-0.39, 0.29) is 6.54 Å². The smallest absolute Gasteiger partial charge is 0.410 e. The molecule has 0 aliphatic carbocycles. The van der Waals surface area contributed by atoms with Crippen molar-refractivity contribution in [3.63, 3.8) is 0 Å². The lowest BCUT2D eigenvalue weighted by atomic mass is 10.1. The molecule has 6 nitrogen and oxygen atoms in total. The average molecular weight is 228 g/mol. The number of hydrogen-bond acceptors (Lipinski definition) is 4. The van der Waals surface area contributed by atoms with Gasteiger partial charge in [0, 0.05) is 18.3 Å². The quantitative estimate of drug-likeness (QED) is 0.638. The molecule has 1 fully saturated rings. The number of amides is 2. The van der Waals surface area contributed by atoms with Gasteiger partial charge in [-0.25, -0.2) is 4.79 Å². The minimum Gasteiger partial charge on any atom is -0.444 e. The van der Waals surface area contributed by atoms with Gasteiger partial charge in [-0.1, -0.05) is 0 Å². The van der Waals surface area contributed by atoms with Crippen LogP contribution in [-0.2, 0) is 9.53 Å². The third-order valence-corrected chi connectivity index (χ3v) is 2.28. The molecule has 0 unspecified atom stereocenters. The summed E-state index contributed by atoms with van der Waals surface area (Å²) < 4.78 is 5.15. The summed E-state index contributed by atoms with van der Waals surface area (Å²) >= 11 is 0. The van der Waals surface area contributed by atoms with E-state index in [2.05, 4.69) is 5.18 Å². The Morgan fingerprint density at radius 1 is 1.38 bits per heavy atom. The number of likely N-dealkylation sites (tertiary alicyclic amines) is 1. The Morgan fingerprint density at radius 2 is 2.00 bits per heavy atom. The molecule has 1 atom stereocenters. The minimum atomic E-state index is -0.689. The molecule has 0 spiro atoms. The van der Waals surface area contributed by atoms with Crippen LogP contribution in [0, 0.1) is 10.8 Å². The molecule has 6 heteroatoms. The highest BCUT2D eigenvalue weighted by molar-refractivity contribution is 5.81. The van der Waals surface area contributed by atoms with Gasteiger partial charge >= 0.3 is 6.09 Å². The lowest BCUT2D eigenvalue weighted by Crippen LogP contribution is -2.35. The Hall–Kier alpha value is -1.46. The van der Waals surface area contributed by atoms with Crippen LogP contribution < -0.4 is 0 Å². The van der Waals surface area contributed by atoms with E-state index in [1.807, 2.05) is 0 Å². The van der Waals surface area contributed by atoms with Gasteiger partial charge in [-0.3, -0.25) is 4.79 Å². The van der Waals surface area contributed by atoms with Crippen LogP contribution in [0.4, 0.5) is 4.79 Å². The minimum absolute atomic E-state index is 0.222. The fourth-order valence-corrected chi connectivity index (χ4v) is 1.53. The monoisotopic (exact) mass is 228 g/mol. The molecular formula is C10H16N2O4. The van der Waals surface area contributed by atoms with Crippen LogP contribution >= 0.6 is 0 Å². The van der Waals surface area contributed by atoms with Crippen LogP contribution in [0.5, 0.6) is 0 Å². The fourth-order valence-electron chi connectivity index (χ4n) is 1.53. The van der Waals surface area contributed by atoms with Crippen molar-refractivity contribution in [2.24, 2.45) is 11.1 Å². The molecule has 1 aliphatic rings. The van der Waals surface area contributed by atoms with Gasteiger partial charge in [0.25, 0.3) is 5.91 Å². The van der Waals surface area contributed by atoms with Crippen LogP contribution in [-0.4, -0.2) is 35.6 Å². The first-order chi connectivity index (χ1) is 7.33. The van der Waals surface area contributed by atoms with Crippen molar-refractivity contribution in [2.45, 2.75) is 32.8 Å². The zero-order chi connectivity index (χ0) is 12.3. The van der Waals surface area contributed by atoms with Gasteiger partial charge in [-0.2, -0.15) is 0 Å². The van der Waals surface area contributed by atoms with Gasteiger partial charge < -0.3 is 9.64 Å². The van der Waals surface area contributed by atoms with Crippen molar-refractivity contribution in [1.82, 2.24) is 4.90 Å². The lowest BCUT2D eigenvalue weighted by molar-refractivity contribution is -0.121. The van der Waals surface area contributed by atoms with Gasteiger partial charge in [0.15, 0.2) is 0 Å². The Morgan fingerprint density at radius 3 is 2.50 bits per heavy atom. The molecule has 2 amide bonds. The van der Waals surface area contributed by atoms with Crippen molar-refractivity contribution < 1.29 is 14.3 Å². The predicted octanol–water partition coefficient (Wildman–Crippen LogP) is 1.54. The van der Waals surface area contributed by atoms with Crippen LogP contribution in [0.1, 0.15) is 27.2 Å². The molecule has 0 N–H and O–H groups in total. The topological polar surface area (TPSA) is 76.0 Å². The molecule has 1 aliphatic heterocycles. The average Bonchev–Trinajstić information content (AvgIpc) is 2.62. The van der Waals surface area contributed by atoms with Gasteiger partial charge in [0.1, 0.15) is 5.60 Å². The van der Waals surface area contributed by atoms with E-state index in [0.29, 0.717) is 13.0 Å². The number of nitroso groups, excluding NO2 is 1. The molecule has 0 aromatic rings. The molecule has 0 saturated carbocycles. The highest BCUT2D eigenvalue weighted by Crippen LogP contribution is 2.20. The second-order valence-corrected chi connectivity index (χ2v) is 4.84. The van der Waals surface area contributed by atoms with Crippen molar-refractivity contribution in [1.29, 1.82) is 0 Å². The highest BCUT2D eigenvalue weighted by Gasteiger charge is 2.33. The zero-order valence-electron chi connectivity index (χ0n) is 9.73. The van der Waals surface area contributed by atoms with Crippen molar-refractivity contribution >= 4 is 12.0 Å². The number of nitrogens with zero attached hydrogens (tertiary/aromatic N) is 2. The molecule has 0 radical (unpaired) electrons. The molecule has 1 rings (SSSR count). The van der Waals surface area contributed by atoms with Crippen LogP contribution in [0.2, 0.25) is 0 Å². The van der Waals surface area contributed by atoms with E-state index >= 15 is 0 Å². The summed E-state index contributed by atoms with van der Waals surface area (Å²) in [4.78, 5) is 34.1. The summed E-state index contributed by atoms with van der Waals surface area (Å²) in [7, 11) is 0. The molecule has 0 aromatic carbocycles. The normalized spacial score (nSPS) is 20.7. The fraction of sp³-hybridized carbons (Fsp3) is 0.800. The maximum Gasteiger partial charge on any atom is 0.410 e. The maximum absolute atomic E-state index is 11.6. The standard InChI is InChI=1S/C10H16N2O4/c1-10(2,3)16-9(14)12-5-4-7(6-12)8(13)11-15/h7H,4-6H2,1-3H3/t7-/m0/s1. The number of carbonyl (C=O) groups excluding carboxylic acids is 2. The Labute approximate surface area is 93.9 Å². The molecule has 1 heterocycles. The van der Waals surface area contributed by atoms with E-state index in [9.17, 15) is 14.5 Å². The SMILES string of the molecule is CC(C)(C)OC(=O)N1CC[C@H](C(=O)N=O)C1. The summed E-state index contributed by atoms with van der Waals surface area (Å²) in [5.41, 5.74) is -0.553. The Balaban J connectivity index is 2.50. The van der Waals surface area contributed by atoms with Crippen LogP contribution in [0.3, 0.4) is 0 Å². The first-order valence-corrected chi connectivity index (χ1v) is 5.18. The van der Waals surface area contributed by atoms with Crippen LogP contribution in [0.25, 0.3) is 0 Å². The van der Waals surface area contributed by atoms with Gasteiger partial charge in [0.2, 0.25) is 0 Å². The van der Waals surface area contributed by atoms with E-state index < -0.39 is 23.5 Å². The van der Waals surface area contributed by atoms with Gasteiger partial charge in [-0.05, 0) is 27.2 Å². The first-order valence-electron chi connectivity index (χ1n) is 5.18. The maximum atomic E-state index is 11.6. The third kappa shape index (κ3) is 3.29. The molecule has 90 valence electrons. The molecule has 1 saturated heterocycles. The van der Waals surface area contributed by atoms with E-state index in [4.69, 9.17) is 4.74 Å². The van der Waals surface area contributed by atoms with E-state index in [1.54, 1.807) is 20.8 Å². The summed E-state index contributed by atoms with van der Waals surface area (Å²) in [6.45, 7) is 5.98. The molecule has 0 aromatic heterocycles. The van der Waals surface area contributed by atoms with Crippen molar-refractivity contribution in [3.8, 4) is 0 Å². The second kappa shape index (κ2) is 4.59. The zero-order valence-corrected chi connectivity index (χ0v) is 9.73. The van der Waals surface area contributed by atoms with Crippen molar-refractivity contribution in [3.05, 3.63) is 4.91 Å². The van der Waals surface area contributed by atoms with E-state index in [0.717, 1.165) is 0 Å². The lowest BCUT2D eigenvalue weighted by Gasteiger charge is -2.24. The number of carbonyl (C=O) groups is 2. The second-order valence-electron chi connectivity index (χ2n) is 4.84. The predicted molar refractivity (Wildman–Crippen MR) is 56.7 cm³/mol. The first kappa shape index (κ1) is 12.6. The Kier molecular flexibility index (Phi) is 3.62. The highest BCUT2D eigenvalue weighted by atomic mass is 16.6. The summed E-state index contributed by atoms with van der Waals surface area (Å²) in [5.74, 6) is -1.16. The molecule has 16 heavy (non-hydrogen) atoms. The number of ether oxygens (including phenoxy) is 1. The summed E-state index contributed by atoms with van der Waals surface area (Å²) in [6, 6.07) is 0. The molecular weight excluding hydrogens is 212 g/mol. The summed E-state index contributed by atoms with van der Waals surface area (Å²) in [5, 5.41) is 2.37. The summed E-state index contributed by atoms with van der Waals surface area (Å²) in [6.07, 6.45) is 0.0257. The van der Waals surface area contributed by atoms with Gasteiger partial charge in [-0.15, -0.1) is 4.91 Å². The van der Waals surface area contributed by atoms with Crippen LogP contribution in [0.15, 0.2) is 5.18 Å². The van der Waals surface area contributed by atoms with Crippen molar-refractivity contribution in [2.75, 3.05) is 13.1 Å². The Bertz CT molecular complexity index is 308. The number of rotatable bonds is 1. The largest absolute Gasteiger partial charge is 0.444 e. The third-order valence-electron chi connectivity index (χ3n) is 2.28.